The minimum absolute atomic E-state index is 0.0184. The highest BCUT2D eigenvalue weighted by Gasteiger charge is 2.38. The molecule has 1 unspecified atom stereocenters. The number of benzene rings is 4. The lowest BCUT2D eigenvalue weighted by Gasteiger charge is -2.31. The Morgan fingerprint density at radius 2 is 1.73 bits per heavy atom. The van der Waals surface area contributed by atoms with Crippen molar-refractivity contribution in [1.29, 1.82) is 0 Å². The van der Waals surface area contributed by atoms with E-state index in [1.165, 1.54) is 17.7 Å². The Morgan fingerprint density at radius 1 is 0.964 bits per heavy atom. The van der Waals surface area contributed by atoms with E-state index in [1.807, 2.05) is 48.2 Å². The van der Waals surface area contributed by atoms with Crippen LogP contribution in [0.2, 0.25) is 0 Å². The molecule has 4 heterocycles. The van der Waals surface area contributed by atoms with Crippen molar-refractivity contribution < 1.29 is 36.7 Å². The van der Waals surface area contributed by atoms with Gasteiger partial charge in [-0.05, 0) is 85.1 Å². The third-order valence-corrected chi connectivity index (χ3v) is 11.9. The van der Waals surface area contributed by atoms with Crippen LogP contribution in [0.4, 0.5) is 15.8 Å². The lowest BCUT2D eigenvalue weighted by atomic mass is 9.88. The molecule has 0 bridgehead atoms. The molecule has 3 aliphatic heterocycles. The minimum atomic E-state index is -4.33. The molecule has 0 spiro atoms. The van der Waals surface area contributed by atoms with Gasteiger partial charge in [0.25, 0.3) is 5.91 Å². The van der Waals surface area contributed by atoms with E-state index >= 15 is 4.39 Å². The van der Waals surface area contributed by atoms with Gasteiger partial charge in [-0.3, -0.25) is 34.1 Å². The predicted molar refractivity (Wildman–Crippen MR) is 202 cm³/mol. The molecule has 14 nitrogen and oxygen atoms in total. The summed E-state index contributed by atoms with van der Waals surface area (Å²) < 4.78 is 52.0. The maximum absolute atomic E-state index is 16.2. The summed E-state index contributed by atoms with van der Waals surface area (Å²) >= 11 is 0. The number of nitrogens with zero attached hydrogens (tertiary/aromatic N) is 4. The van der Waals surface area contributed by atoms with E-state index in [4.69, 9.17) is 4.74 Å². The Morgan fingerprint density at radius 3 is 2.45 bits per heavy atom. The second-order valence-corrected chi connectivity index (χ2v) is 15.8. The first-order valence-corrected chi connectivity index (χ1v) is 19.5. The Kier molecular flexibility index (Phi) is 9.47. The summed E-state index contributed by atoms with van der Waals surface area (Å²) in [5.41, 5.74) is 3.60. The number of hydrogen-bond donors (Lipinski definition) is 3. The Hall–Kier alpha value is -5.87. The van der Waals surface area contributed by atoms with E-state index < -0.39 is 34.4 Å². The number of imide groups is 1. The monoisotopic (exact) mass is 767 g/mol. The fourth-order valence-electron chi connectivity index (χ4n) is 7.72. The molecule has 0 aliphatic carbocycles. The number of rotatable bonds is 9. The zero-order valence-electron chi connectivity index (χ0n) is 29.9. The van der Waals surface area contributed by atoms with Gasteiger partial charge in [0, 0.05) is 29.9 Å². The zero-order valence-corrected chi connectivity index (χ0v) is 30.7. The van der Waals surface area contributed by atoms with Crippen LogP contribution in [-0.4, -0.2) is 72.9 Å². The molecule has 4 amide bonds. The van der Waals surface area contributed by atoms with E-state index in [1.54, 1.807) is 16.8 Å². The van der Waals surface area contributed by atoms with Gasteiger partial charge in [0.15, 0.2) is 5.82 Å². The van der Waals surface area contributed by atoms with Crippen LogP contribution >= 0.6 is 0 Å². The molecule has 3 N–H and O–H groups in total. The number of aromatic nitrogens is 2. The number of nitrogens with one attached hydrogen (secondary N) is 3. The first kappa shape index (κ1) is 36.1. The number of ether oxygens (including phenoxy) is 1. The van der Waals surface area contributed by atoms with Crippen LogP contribution in [0, 0.1) is 5.82 Å². The summed E-state index contributed by atoms with van der Waals surface area (Å²) in [7, 11) is -2.48. The number of piperidine rings is 2. The Bertz CT molecular complexity index is 2480. The number of halogens is 1. The largest absolute Gasteiger partial charge is 0.487 e. The third kappa shape index (κ3) is 7.22. The molecule has 284 valence electrons. The fourth-order valence-corrected chi connectivity index (χ4v) is 8.88. The second kappa shape index (κ2) is 14.4. The van der Waals surface area contributed by atoms with E-state index in [2.05, 4.69) is 32.8 Å². The summed E-state index contributed by atoms with van der Waals surface area (Å²) in [4.78, 5) is 51.6. The standard InChI is InChI=1S/C39H38FN7O7S/c1-45-31-18-25(7-9-29(31)37(43-45)30-11-12-33(48)42-39(30)51)24-13-15-46(16-14-24)20-34(49)41-27-8-10-28-26(17-27)19-32(54-22-23-5-3-2-4-6-23)38(36(28)40)47-21-35(50)44-55(47,52)53/h2-10,17-19,24,30H,11-16,20-22H2,1H3,(H,41,49)(H,44,50)(H,42,48,51). The molecule has 1 aromatic heterocycles. The van der Waals surface area contributed by atoms with Crippen LogP contribution in [0.25, 0.3) is 21.7 Å². The van der Waals surface area contributed by atoms with Crippen molar-refractivity contribution in [2.24, 2.45) is 7.05 Å². The van der Waals surface area contributed by atoms with Crippen LogP contribution in [-0.2, 0) is 43.0 Å². The van der Waals surface area contributed by atoms with Crippen molar-refractivity contribution in [3.63, 3.8) is 0 Å². The fraction of sp³-hybridized carbons (Fsp3) is 0.308. The van der Waals surface area contributed by atoms with Crippen molar-refractivity contribution in [3.05, 3.63) is 95.4 Å². The molecule has 3 saturated heterocycles. The molecule has 4 aromatic carbocycles. The molecule has 16 heteroatoms. The Labute approximate surface area is 315 Å². The van der Waals surface area contributed by atoms with Gasteiger partial charge in [-0.15, -0.1) is 0 Å². The summed E-state index contributed by atoms with van der Waals surface area (Å²) in [6.07, 6.45) is 2.41. The molecule has 5 aromatic rings. The normalized spacial score (nSPS) is 19.1. The number of carbonyl (C=O) groups excluding carboxylic acids is 4. The van der Waals surface area contributed by atoms with Crippen molar-refractivity contribution in [1.82, 2.24) is 24.7 Å². The number of amides is 4. The summed E-state index contributed by atoms with van der Waals surface area (Å²) in [5.74, 6) is -2.73. The summed E-state index contributed by atoms with van der Waals surface area (Å²) in [6, 6.07) is 21.4. The second-order valence-electron chi connectivity index (χ2n) is 14.2. The van der Waals surface area contributed by atoms with Gasteiger partial charge in [0.2, 0.25) is 17.7 Å². The quantitative estimate of drug-likeness (QED) is 0.188. The SMILES string of the molecule is Cn1nc(C2CCC(=O)NC2=O)c2ccc(C3CCN(CC(=O)Nc4ccc5c(F)c(N6CC(=O)NS6(=O)=O)c(OCc6ccccc6)cc5c4)CC3)cc21. The van der Waals surface area contributed by atoms with Crippen LogP contribution < -0.4 is 24.4 Å². The molecular formula is C39H38FN7O7S. The van der Waals surface area contributed by atoms with Crippen LogP contribution in [0.5, 0.6) is 5.75 Å². The van der Waals surface area contributed by atoms with Crippen LogP contribution in [0.3, 0.4) is 0 Å². The van der Waals surface area contributed by atoms with Crippen molar-refractivity contribution in [3.8, 4) is 5.75 Å². The molecule has 8 rings (SSSR count). The highest BCUT2D eigenvalue weighted by Crippen LogP contribution is 2.40. The number of hydrogen-bond acceptors (Lipinski definition) is 9. The van der Waals surface area contributed by atoms with E-state index in [9.17, 15) is 27.6 Å². The van der Waals surface area contributed by atoms with Gasteiger partial charge in [0.05, 0.1) is 23.7 Å². The smallest absolute Gasteiger partial charge is 0.326 e. The summed E-state index contributed by atoms with van der Waals surface area (Å²) in [5, 5.41) is 11.3. The Balaban J connectivity index is 0.938. The van der Waals surface area contributed by atoms with Gasteiger partial charge in [0.1, 0.15) is 24.6 Å². The van der Waals surface area contributed by atoms with E-state index in [0.717, 1.165) is 29.3 Å². The molecule has 0 saturated carbocycles. The molecule has 55 heavy (non-hydrogen) atoms. The van der Waals surface area contributed by atoms with Crippen LogP contribution in [0.1, 0.15) is 54.3 Å². The predicted octanol–water partition coefficient (Wildman–Crippen LogP) is 3.96. The van der Waals surface area contributed by atoms with Gasteiger partial charge in [-0.2, -0.15) is 13.5 Å². The molecular weight excluding hydrogens is 730 g/mol. The molecule has 3 fully saturated rings. The maximum atomic E-state index is 16.2. The average Bonchev–Trinajstić information content (AvgIpc) is 3.63. The first-order valence-electron chi connectivity index (χ1n) is 18.0. The molecule has 3 aliphatic rings. The van der Waals surface area contributed by atoms with Gasteiger partial charge in [-0.1, -0.05) is 42.5 Å². The highest BCUT2D eigenvalue weighted by atomic mass is 32.2. The number of aryl methyl sites for hydroxylation is 1. The zero-order chi connectivity index (χ0) is 38.4. The van der Waals surface area contributed by atoms with Gasteiger partial charge < -0.3 is 10.1 Å². The number of carbonyl (C=O) groups is 4. The maximum Gasteiger partial charge on any atom is 0.326 e. The van der Waals surface area contributed by atoms with Gasteiger partial charge in [-0.25, -0.2) is 13.4 Å². The summed E-state index contributed by atoms with van der Waals surface area (Å²) in [6.45, 7) is 0.990. The number of anilines is 2. The van der Waals surface area contributed by atoms with E-state index in [0.29, 0.717) is 40.6 Å². The van der Waals surface area contributed by atoms with Crippen LogP contribution in [0.15, 0.2) is 72.8 Å². The number of fused-ring (bicyclic) bond motifs is 2. The van der Waals surface area contributed by atoms with Crippen molar-refractivity contribution in [2.75, 3.05) is 35.8 Å². The first-order chi connectivity index (χ1) is 26.4. The van der Waals surface area contributed by atoms with Gasteiger partial charge >= 0.3 is 10.2 Å². The van der Waals surface area contributed by atoms with E-state index in [-0.39, 0.29) is 60.0 Å². The topological polar surface area (TPSA) is 172 Å². The van der Waals surface area contributed by atoms with Crippen molar-refractivity contribution in [2.45, 2.75) is 44.1 Å². The minimum Gasteiger partial charge on any atom is -0.487 e. The highest BCUT2D eigenvalue weighted by molar-refractivity contribution is 7.92. The van der Waals surface area contributed by atoms with Crippen molar-refractivity contribution >= 4 is 66.9 Å². The lowest BCUT2D eigenvalue weighted by molar-refractivity contribution is -0.134. The molecule has 1 atom stereocenters. The number of likely N-dealkylation sites (tertiary alicyclic amines) is 1. The third-order valence-electron chi connectivity index (χ3n) is 10.5. The lowest BCUT2D eigenvalue weighted by Crippen LogP contribution is -2.39. The average molecular weight is 768 g/mol. The molecule has 0 radical (unpaired) electrons.